The number of hydrogen-bond acceptors (Lipinski definition) is 4. The number of pyridine rings is 1. The predicted molar refractivity (Wildman–Crippen MR) is 117 cm³/mol. The van der Waals surface area contributed by atoms with Crippen LogP contribution in [0.5, 0.6) is 11.5 Å². The first-order valence-electron chi connectivity index (χ1n) is 9.86. The van der Waals surface area contributed by atoms with E-state index >= 15 is 0 Å². The van der Waals surface area contributed by atoms with Gasteiger partial charge in [0.25, 0.3) is 5.91 Å². The van der Waals surface area contributed by atoms with Gasteiger partial charge < -0.3 is 14.4 Å². The van der Waals surface area contributed by atoms with Crippen LogP contribution in [0.25, 0.3) is 11.1 Å². The average Bonchev–Trinajstić information content (AvgIpc) is 3.28. The van der Waals surface area contributed by atoms with Crippen molar-refractivity contribution in [1.82, 2.24) is 9.88 Å². The fraction of sp³-hybridized carbons (Fsp3) is 0.250. The van der Waals surface area contributed by atoms with Crippen LogP contribution < -0.4 is 9.47 Å². The van der Waals surface area contributed by atoms with Gasteiger partial charge in [-0.1, -0.05) is 29.8 Å². The lowest BCUT2D eigenvalue weighted by atomic mass is 10.0. The second-order valence-electron chi connectivity index (χ2n) is 7.17. The van der Waals surface area contributed by atoms with Crippen molar-refractivity contribution in [2.75, 3.05) is 20.8 Å². The third-order valence-electron chi connectivity index (χ3n) is 5.52. The molecule has 2 aromatic carbocycles. The number of ether oxygens (including phenoxy) is 2. The Morgan fingerprint density at radius 1 is 1.07 bits per heavy atom. The molecule has 0 radical (unpaired) electrons. The van der Waals surface area contributed by atoms with Crippen LogP contribution in [-0.4, -0.2) is 36.6 Å². The Bertz CT molecular complexity index is 1070. The number of hydrogen-bond donors (Lipinski definition) is 0. The Morgan fingerprint density at radius 3 is 2.63 bits per heavy atom. The van der Waals surface area contributed by atoms with Crippen molar-refractivity contribution in [3.63, 3.8) is 0 Å². The van der Waals surface area contributed by atoms with Crippen LogP contribution in [0.3, 0.4) is 0 Å². The molecular formula is C24H23ClN2O3. The van der Waals surface area contributed by atoms with Crippen LogP contribution in [-0.2, 0) is 0 Å². The third-order valence-corrected chi connectivity index (χ3v) is 5.86. The molecule has 1 atom stereocenters. The standard InChI is InChI=1S/C24H23ClN2O3/c1-29-22-11-12-26-15-19(22)17-10-9-16(14-23(17)30-2)24(28)27-13-5-8-21(27)18-6-3-4-7-20(18)25/h3-4,6-7,9-12,14-15,21H,5,8,13H2,1-2H3/t21-/m1/s1. The molecule has 0 saturated carbocycles. The zero-order valence-electron chi connectivity index (χ0n) is 17.0. The van der Waals surface area contributed by atoms with E-state index in [2.05, 4.69) is 4.98 Å². The first-order chi connectivity index (χ1) is 14.6. The van der Waals surface area contributed by atoms with E-state index in [0.29, 0.717) is 28.6 Å². The molecule has 0 unspecified atom stereocenters. The zero-order valence-corrected chi connectivity index (χ0v) is 17.7. The number of halogens is 1. The highest BCUT2D eigenvalue weighted by atomic mass is 35.5. The fourth-order valence-corrected chi connectivity index (χ4v) is 4.31. The lowest BCUT2D eigenvalue weighted by Gasteiger charge is -2.26. The summed E-state index contributed by atoms with van der Waals surface area (Å²) in [6.07, 6.45) is 5.25. The Kier molecular flexibility index (Phi) is 5.91. The van der Waals surface area contributed by atoms with Crippen molar-refractivity contribution in [1.29, 1.82) is 0 Å². The summed E-state index contributed by atoms with van der Waals surface area (Å²) in [7, 11) is 3.21. The van der Waals surface area contributed by atoms with Crippen LogP contribution in [0.4, 0.5) is 0 Å². The second kappa shape index (κ2) is 8.76. The molecule has 0 bridgehead atoms. The third kappa shape index (κ3) is 3.73. The molecule has 1 amide bonds. The van der Waals surface area contributed by atoms with Gasteiger partial charge in [0.05, 0.1) is 20.3 Å². The highest BCUT2D eigenvalue weighted by molar-refractivity contribution is 6.31. The molecular weight excluding hydrogens is 400 g/mol. The molecule has 30 heavy (non-hydrogen) atoms. The van der Waals surface area contributed by atoms with Gasteiger partial charge >= 0.3 is 0 Å². The topological polar surface area (TPSA) is 51.7 Å². The molecule has 2 heterocycles. The highest BCUT2D eigenvalue weighted by Gasteiger charge is 2.32. The van der Waals surface area contributed by atoms with Crippen LogP contribution >= 0.6 is 11.6 Å². The summed E-state index contributed by atoms with van der Waals surface area (Å²) < 4.78 is 11.1. The summed E-state index contributed by atoms with van der Waals surface area (Å²) in [6.45, 7) is 0.704. The predicted octanol–water partition coefficient (Wildman–Crippen LogP) is 5.40. The van der Waals surface area contributed by atoms with Gasteiger partial charge in [-0.25, -0.2) is 0 Å². The second-order valence-corrected chi connectivity index (χ2v) is 7.58. The number of benzene rings is 2. The number of nitrogens with zero attached hydrogens (tertiary/aromatic N) is 2. The highest BCUT2D eigenvalue weighted by Crippen LogP contribution is 2.39. The first-order valence-corrected chi connectivity index (χ1v) is 10.2. The molecule has 0 aliphatic carbocycles. The first kappa shape index (κ1) is 20.2. The Hall–Kier alpha value is -3.05. The number of rotatable bonds is 5. The van der Waals surface area contributed by atoms with E-state index in [1.54, 1.807) is 38.7 Å². The summed E-state index contributed by atoms with van der Waals surface area (Å²) >= 11 is 6.41. The van der Waals surface area contributed by atoms with Gasteiger partial charge in [0.2, 0.25) is 0 Å². The van der Waals surface area contributed by atoms with E-state index in [9.17, 15) is 4.79 Å². The van der Waals surface area contributed by atoms with E-state index in [0.717, 1.165) is 29.5 Å². The molecule has 0 N–H and O–H groups in total. The minimum atomic E-state index is -0.0274. The molecule has 3 aromatic rings. The monoisotopic (exact) mass is 422 g/mol. The minimum absolute atomic E-state index is 0.0183. The molecule has 4 rings (SSSR count). The van der Waals surface area contributed by atoms with Gasteiger partial charge in [-0.05, 0) is 48.7 Å². The summed E-state index contributed by atoms with van der Waals surface area (Å²) in [4.78, 5) is 19.5. The number of methoxy groups -OCH3 is 2. The molecule has 5 nitrogen and oxygen atoms in total. The van der Waals surface area contributed by atoms with Crippen LogP contribution in [0, 0.1) is 0 Å². The van der Waals surface area contributed by atoms with E-state index < -0.39 is 0 Å². The van der Waals surface area contributed by atoms with Crippen molar-refractivity contribution in [2.24, 2.45) is 0 Å². The van der Waals surface area contributed by atoms with Gasteiger partial charge in [-0.3, -0.25) is 9.78 Å². The summed E-state index contributed by atoms with van der Waals surface area (Å²) in [5.74, 6) is 1.27. The Morgan fingerprint density at radius 2 is 1.87 bits per heavy atom. The molecule has 1 aliphatic heterocycles. The van der Waals surface area contributed by atoms with E-state index in [1.807, 2.05) is 41.3 Å². The molecule has 154 valence electrons. The van der Waals surface area contributed by atoms with Crippen LogP contribution in [0.15, 0.2) is 60.9 Å². The maximum atomic E-state index is 13.4. The Labute approximate surface area is 181 Å². The van der Waals surface area contributed by atoms with Gasteiger partial charge in [0.15, 0.2) is 0 Å². The molecule has 6 heteroatoms. The maximum absolute atomic E-state index is 13.4. The van der Waals surface area contributed by atoms with Gasteiger partial charge in [0.1, 0.15) is 11.5 Å². The zero-order chi connectivity index (χ0) is 21.1. The smallest absolute Gasteiger partial charge is 0.254 e. The minimum Gasteiger partial charge on any atom is -0.496 e. The van der Waals surface area contributed by atoms with Crippen molar-refractivity contribution in [3.05, 3.63) is 77.1 Å². The molecule has 1 saturated heterocycles. The van der Waals surface area contributed by atoms with E-state index in [1.165, 1.54) is 0 Å². The number of carbonyl (C=O) groups excluding carboxylic acids is 1. The maximum Gasteiger partial charge on any atom is 0.254 e. The number of aromatic nitrogens is 1. The summed E-state index contributed by atoms with van der Waals surface area (Å²) in [5.41, 5.74) is 3.21. The molecule has 1 aromatic heterocycles. The fourth-order valence-electron chi connectivity index (χ4n) is 4.05. The summed E-state index contributed by atoms with van der Waals surface area (Å²) in [6, 6.07) is 15.0. The number of amides is 1. The molecule has 1 fully saturated rings. The van der Waals surface area contributed by atoms with Crippen molar-refractivity contribution in [2.45, 2.75) is 18.9 Å². The lowest BCUT2D eigenvalue weighted by molar-refractivity contribution is 0.0735. The van der Waals surface area contributed by atoms with Gasteiger partial charge in [-0.15, -0.1) is 0 Å². The van der Waals surface area contributed by atoms with Crippen LogP contribution in [0.1, 0.15) is 34.8 Å². The van der Waals surface area contributed by atoms with Crippen molar-refractivity contribution < 1.29 is 14.3 Å². The normalized spacial score (nSPS) is 15.8. The van der Waals surface area contributed by atoms with E-state index in [4.69, 9.17) is 21.1 Å². The van der Waals surface area contributed by atoms with Gasteiger partial charge in [-0.2, -0.15) is 0 Å². The molecule has 0 spiro atoms. The number of carbonyl (C=O) groups is 1. The SMILES string of the molecule is COc1cc(C(=O)N2CCC[C@@H]2c2ccccc2Cl)ccc1-c1cnccc1OC. The largest absolute Gasteiger partial charge is 0.496 e. The van der Waals surface area contributed by atoms with Crippen LogP contribution in [0.2, 0.25) is 5.02 Å². The quantitative estimate of drug-likeness (QED) is 0.552. The Balaban J connectivity index is 1.67. The van der Waals surface area contributed by atoms with E-state index in [-0.39, 0.29) is 11.9 Å². The van der Waals surface area contributed by atoms with Gasteiger partial charge in [0, 0.05) is 40.7 Å². The van der Waals surface area contributed by atoms with Crippen molar-refractivity contribution in [3.8, 4) is 22.6 Å². The van der Waals surface area contributed by atoms with Crippen molar-refractivity contribution >= 4 is 17.5 Å². The lowest BCUT2D eigenvalue weighted by Crippen LogP contribution is -2.30. The number of likely N-dealkylation sites (tertiary alicyclic amines) is 1. The molecule has 1 aliphatic rings. The summed E-state index contributed by atoms with van der Waals surface area (Å²) in [5, 5.41) is 0.693. The average molecular weight is 423 g/mol.